The van der Waals surface area contributed by atoms with Gasteiger partial charge < -0.3 is 15.1 Å². The molecule has 4 nitrogen and oxygen atoms in total. The summed E-state index contributed by atoms with van der Waals surface area (Å²) >= 11 is 1.74. The third kappa shape index (κ3) is 9.05. The molecule has 0 saturated carbocycles. The van der Waals surface area contributed by atoms with E-state index in [0.29, 0.717) is 12.3 Å². The highest BCUT2D eigenvalue weighted by molar-refractivity contribution is 7.09. The third-order valence-electron chi connectivity index (χ3n) is 5.09. The van der Waals surface area contributed by atoms with E-state index in [9.17, 15) is 4.79 Å². The first-order chi connectivity index (χ1) is 11.7. The number of likely N-dealkylation sites (N-methyl/N-ethyl adjacent to an activating group) is 1. The zero-order valence-corrected chi connectivity index (χ0v) is 18.6. The second kappa shape index (κ2) is 14.7. The Morgan fingerprint density at radius 2 is 1.88 bits per heavy atom. The molecule has 1 aromatic heterocycles. The molecule has 1 aliphatic heterocycles. The molecule has 1 N–H and O–H groups in total. The van der Waals surface area contributed by atoms with Crippen LogP contribution in [0, 0.1) is 5.92 Å². The van der Waals surface area contributed by atoms with Crippen molar-refractivity contribution in [2.75, 3.05) is 39.3 Å². The molecule has 0 bridgehead atoms. The van der Waals surface area contributed by atoms with Crippen LogP contribution in [0.3, 0.4) is 0 Å². The highest BCUT2D eigenvalue weighted by atomic mass is 35.5. The average molecular weight is 424 g/mol. The summed E-state index contributed by atoms with van der Waals surface area (Å²) in [5.74, 6) is 1.05. The van der Waals surface area contributed by atoms with Crippen molar-refractivity contribution in [3.05, 3.63) is 22.4 Å². The zero-order valence-electron chi connectivity index (χ0n) is 16.1. The topological polar surface area (TPSA) is 35.6 Å². The van der Waals surface area contributed by atoms with Crippen LogP contribution in [0.4, 0.5) is 0 Å². The van der Waals surface area contributed by atoms with Crippen LogP contribution in [-0.2, 0) is 11.3 Å². The summed E-state index contributed by atoms with van der Waals surface area (Å²) in [5, 5.41) is 5.50. The minimum Gasteiger partial charge on any atom is -0.336 e. The minimum absolute atomic E-state index is 0. The second-order valence-corrected chi connectivity index (χ2v) is 7.69. The molecule has 0 radical (unpaired) electrons. The van der Waals surface area contributed by atoms with Gasteiger partial charge in [0.25, 0.3) is 0 Å². The minimum atomic E-state index is 0. The Hall–Kier alpha value is -0.330. The highest BCUT2D eigenvalue weighted by Crippen LogP contribution is 2.19. The predicted octanol–water partition coefficient (Wildman–Crippen LogP) is 4.04. The van der Waals surface area contributed by atoms with E-state index in [1.807, 2.05) is 0 Å². The molecule has 26 heavy (non-hydrogen) atoms. The van der Waals surface area contributed by atoms with E-state index in [-0.39, 0.29) is 24.8 Å². The molecule has 0 atom stereocenters. The van der Waals surface area contributed by atoms with Crippen molar-refractivity contribution in [3.8, 4) is 0 Å². The van der Waals surface area contributed by atoms with Gasteiger partial charge in [0.05, 0.1) is 6.54 Å². The maximum Gasteiger partial charge on any atom is 0.222 e. The summed E-state index contributed by atoms with van der Waals surface area (Å²) in [7, 11) is 0. The standard InChI is InChI=1S/C19H33N3OS.2ClH/c1-3-21(4-2)13-14-22(16-18-6-5-15-24-18)19(23)8-7-17-9-11-20-12-10-17;;/h5-6,15,17,20H,3-4,7-14,16H2,1-2H3;2*1H. The fraction of sp³-hybridized carbons (Fsp3) is 0.737. The van der Waals surface area contributed by atoms with Gasteiger partial charge in [-0.15, -0.1) is 36.2 Å². The lowest BCUT2D eigenvalue weighted by Gasteiger charge is -2.27. The van der Waals surface area contributed by atoms with Gasteiger partial charge in [-0.2, -0.15) is 0 Å². The van der Waals surface area contributed by atoms with Crippen LogP contribution in [0.5, 0.6) is 0 Å². The van der Waals surface area contributed by atoms with Crippen LogP contribution in [0.2, 0.25) is 0 Å². The molecule has 2 rings (SSSR count). The van der Waals surface area contributed by atoms with Crippen LogP contribution >= 0.6 is 36.2 Å². The Kier molecular flexibility index (Phi) is 14.5. The number of piperidine rings is 1. The molecular weight excluding hydrogens is 389 g/mol. The summed E-state index contributed by atoms with van der Waals surface area (Å²) in [5.41, 5.74) is 0. The first-order valence-electron chi connectivity index (χ1n) is 9.46. The van der Waals surface area contributed by atoms with Gasteiger partial charge in [-0.1, -0.05) is 19.9 Å². The summed E-state index contributed by atoms with van der Waals surface area (Å²) in [4.78, 5) is 18.5. The fourth-order valence-electron chi connectivity index (χ4n) is 3.34. The number of amides is 1. The summed E-state index contributed by atoms with van der Waals surface area (Å²) in [6.07, 6.45) is 4.19. The number of hydrogen-bond donors (Lipinski definition) is 1. The molecule has 0 aromatic carbocycles. The van der Waals surface area contributed by atoms with E-state index in [2.05, 4.69) is 46.5 Å². The molecular formula is C19H35Cl2N3OS. The molecule has 0 unspecified atom stereocenters. The predicted molar refractivity (Wildman–Crippen MR) is 117 cm³/mol. The summed E-state index contributed by atoms with van der Waals surface area (Å²) in [6.45, 7) is 11.3. The maximum atomic E-state index is 12.8. The Balaban J connectivity index is 0.00000312. The van der Waals surface area contributed by atoms with Crippen molar-refractivity contribution in [2.45, 2.75) is 46.1 Å². The highest BCUT2D eigenvalue weighted by Gasteiger charge is 2.19. The van der Waals surface area contributed by atoms with E-state index in [1.165, 1.54) is 17.7 Å². The van der Waals surface area contributed by atoms with E-state index in [1.54, 1.807) is 11.3 Å². The van der Waals surface area contributed by atoms with E-state index < -0.39 is 0 Å². The van der Waals surface area contributed by atoms with Crippen molar-refractivity contribution >= 4 is 42.1 Å². The molecule has 0 aliphatic carbocycles. The van der Waals surface area contributed by atoms with Crippen LogP contribution in [0.25, 0.3) is 0 Å². The average Bonchev–Trinajstić information content (AvgIpc) is 3.13. The van der Waals surface area contributed by atoms with E-state index in [4.69, 9.17) is 0 Å². The molecule has 1 fully saturated rings. The Labute approximate surface area is 175 Å². The number of nitrogens with zero attached hydrogens (tertiary/aromatic N) is 2. The van der Waals surface area contributed by atoms with Crippen molar-refractivity contribution in [2.24, 2.45) is 5.92 Å². The van der Waals surface area contributed by atoms with Gasteiger partial charge in [-0.3, -0.25) is 4.79 Å². The third-order valence-corrected chi connectivity index (χ3v) is 5.95. The first kappa shape index (κ1) is 25.7. The lowest BCUT2D eigenvalue weighted by Crippen LogP contribution is -2.38. The monoisotopic (exact) mass is 423 g/mol. The Bertz CT molecular complexity index is 463. The number of carbonyl (C=O) groups excluding carboxylic acids is 1. The second-order valence-electron chi connectivity index (χ2n) is 6.65. The summed E-state index contributed by atoms with van der Waals surface area (Å²) in [6, 6.07) is 4.21. The van der Waals surface area contributed by atoms with Crippen molar-refractivity contribution in [1.82, 2.24) is 15.1 Å². The summed E-state index contributed by atoms with van der Waals surface area (Å²) < 4.78 is 0. The van der Waals surface area contributed by atoms with Crippen molar-refractivity contribution in [1.29, 1.82) is 0 Å². The molecule has 1 aromatic rings. The van der Waals surface area contributed by atoms with Crippen LogP contribution < -0.4 is 5.32 Å². The SMILES string of the molecule is CCN(CC)CCN(Cc1cccs1)C(=O)CCC1CCNCC1.Cl.Cl. The molecule has 7 heteroatoms. The van der Waals surface area contributed by atoms with Crippen molar-refractivity contribution in [3.63, 3.8) is 0 Å². The number of thiophene rings is 1. The van der Waals surface area contributed by atoms with Gasteiger partial charge in [0.15, 0.2) is 0 Å². The number of halogens is 2. The first-order valence-corrected chi connectivity index (χ1v) is 10.3. The Morgan fingerprint density at radius 1 is 1.19 bits per heavy atom. The van der Waals surface area contributed by atoms with Crippen LogP contribution in [-0.4, -0.2) is 55.0 Å². The lowest BCUT2D eigenvalue weighted by atomic mass is 9.93. The fourth-order valence-corrected chi connectivity index (χ4v) is 4.06. The van der Waals surface area contributed by atoms with Crippen LogP contribution in [0.1, 0.15) is 44.4 Å². The molecule has 152 valence electrons. The quantitative estimate of drug-likeness (QED) is 0.616. The maximum absolute atomic E-state index is 12.8. The van der Waals surface area contributed by atoms with Gasteiger partial charge >= 0.3 is 0 Å². The Morgan fingerprint density at radius 3 is 2.46 bits per heavy atom. The molecule has 0 spiro atoms. The largest absolute Gasteiger partial charge is 0.336 e. The zero-order chi connectivity index (χ0) is 17.2. The van der Waals surface area contributed by atoms with E-state index in [0.717, 1.165) is 58.2 Å². The molecule has 2 heterocycles. The van der Waals surface area contributed by atoms with Gasteiger partial charge in [0, 0.05) is 24.4 Å². The lowest BCUT2D eigenvalue weighted by molar-refractivity contribution is -0.132. The smallest absolute Gasteiger partial charge is 0.222 e. The van der Waals surface area contributed by atoms with Gasteiger partial charge in [0.2, 0.25) is 5.91 Å². The number of rotatable bonds is 10. The van der Waals surface area contributed by atoms with Gasteiger partial charge in [-0.05, 0) is 62.8 Å². The normalized spacial score (nSPS) is 14.6. The number of nitrogens with one attached hydrogen (secondary N) is 1. The molecule has 1 amide bonds. The van der Waals surface area contributed by atoms with E-state index >= 15 is 0 Å². The molecule has 1 aliphatic rings. The number of carbonyl (C=O) groups is 1. The van der Waals surface area contributed by atoms with Gasteiger partial charge in [-0.25, -0.2) is 0 Å². The molecule has 1 saturated heterocycles. The van der Waals surface area contributed by atoms with Crippen molar-refractivity contribution < 1.29 is 4.79 Å². The van der Waals surface area contributed by atoms with Crippen LogP contribution in [0.15, 0.2) is 17.5 Å². The number of hydrogen-bond acceptors (Lipinski definition) is 4. The van der Waals surface area contributed by atoms with Gasteiger partial charge in [0.1, 0.15) is 0 Å².